The minimum absolute atomic E-state index is 0.0631. The number of carboxylic acid groups (broad SMARTS) is 1. The summed E-state index contributed by atoms with van der Waals surface area (Å²) < 4.78 is 45.5. The van der Waals surface area contributed by atoms with Gasteiger partial charge in [-0.1, -0.05) is 24.3 Å². The number of ether oxygens (including phenoxy) is 1. The maximum absolute atomic E-state index is 13.5. The van der Waals surface area contributed by atoms with Gasteiger partial charge in [-0.2, -0.15) is 18.2 Å². The highest BCUT2D eigenvalue weighted by atomic mass is 19.4. The van der Waals surface area contributed by atoms with E-state index in [2.05, 4.69) is 9.97 Å². The summed E-state index contributed by atoms with van der Waals surface area (Å²) in [6.07, 6.45) is -7.21. The first-order chi connectivity index (χ1) is 12.1. The average molecular weight is 370 g/mol. The number of nitrogens with two attached hydrogens (primary N) is 2. The summed E-state index contributed by atoms with van der Waals surface area (Å²) in [5.41, 5.74) is 11.3. The molecule has 0 aliphatic rings. The molecule has 2 rings (SSSR count). The zero-order valence-corrected chi connectivity index (χ0v) is 13.7. The number of aliphatic carboxylic acids is 1. The van der Waals surface area contributed by atoms with Crippen LogP contribution in [0.2, 0.25) is 0 Å². The van der Waals surface area contributed by atoms with E-state index in [1.807, 2.05) is 0 Å². The molecule has 1 heterocycles. The normalized spacial score (nSPS) is 13.9. The SMILES string of the molecule is Cc1ccccc1C(Oc1cc(C[C@H](N)C(=O)O)nc(N)n1)C(F)(F)F. The van der Waals surface area contributed by atoms with Crippen LogP contribution in [0.25, 0.3) is 0 Å². The summed E-state index contributed by atoms with van der Waals surface area (Å²) in [4.78, 5) is 18.3. The first-order valence-electron chi connectivity index (χ1n) is 7.48. The van der Waals surface area contributed by atoms with Gasteiger partial charge >= 0.3 is 12.1 Å². The largest absolute Gasteiger partial charge is 0.480 e. The van der Waals surface area contributed by atoms with Gasteiger partial charge in [0.25, 0.3) is 0 Å². The Morgan fingerprint density at radius 1 is 1.31 bits per heavy atom. The third-order valence-corrected chi connectivity index (χ3v) is 3.53. The number of alkyl halides is 3. The number of anilines is 1. The van der Waals surface area contributed by atoms with Gasteiger partial charge in [-0.15, -0.1) is 0 Å². The molecule has 0 saturated heterocycles. The fourth-order valence-electron chi connectivity index (χ4n) is 2.28. The summed E-state index contributed by atoms with van der Waals surface area (Å²) in [7, 11) is 0. The van der Waals surface area contributed by atoms with Crippen molar-refractivity contribution in [3.8, 4) is 5.88 Å². The molecule has 0 amide bonds. The molecule has 0 aliphatic heterocycles. The molecular formula is C16H17F3N4O3. The molecule has 0 fully saturated rings. The Morgan fingerprint density at radius 2 is 1.96 bits per heavy atom. The van der Waals surface area contributed by atoms with Crippen molar-refractivity contribution < 1.29 is 27.8 Å². The number of hydrogen-bond acceptors (Lipinski definition) is 6. The van der Waals surface area contributed by atoms with E-state index in [-0.39, 0.29) is 23.6 Å². The number of aryl methyl sites for hydroxylation is 1. The molecule has 10 heteroatoms. The standard InChI is InChI=1S/C16H17F3N4O3/c1-8-4-2-3-5-10(8)13(16(17,18)19)26-12-7-9(22-15(21)23-12)6-11(20)14(24)25/h2-5,7,11,13H,6,20H2,1H3,(H,24,25)(H2,21,22,23)/t11-,13?/m0/s1. The van der Waals surface area contributed by atoms with E-state index in [4.69, 9.17) is 21.3 Å². The third kappa shape index (κ3) is 4.82. The molecule has 0 aliphatic carbocycles. The molecular weight excluding hydrogens is 353 g/mol. The fourth-order valence-corrected chi connectivity index (χ4v) is 2.28. The Balaban J connectivity index is 2.36. The van der Waals surface area contributed by atoms with Gasteiger partial charge in [0.15, 0.2) is 0 Å². The van der Waals surface area contributed by atoms with E-state index < -0.39 is 30.2 Å². The highest BCUT2D eigenvalue weighted by molar-refractivity contribution is 5.73. The van der Waals surface area contributed by atoms with Gasteiger partial charge in [-0.25, -0.2) is 4.98 Å². The number of rotatable bonds is 6. The lowest BCUT2D eigenvalue weighted by Crippen LogP contribution is -2.32. The second-order valence-electron chi connectivity index (χ2n) is 5.60. The number of nitrogens with zero attached hydrogens (tertiary/aromatic N) is 2. The molecule has 0 radical (unpaired) electrons. The van der Waals surface area contributed by atoms with E-state index in [1.165, 1.54) is 25.1 Å². The van der Waals surface area contributed by atoms with Crippen LogP contribution in [-0.4, -0.2) is 33.3 Å². The van der Waals surface area contributed by atoms with Crippen LogP contribution >= 0.6 is 0 Å². The van der Waals surface area contributed by atoms with Crippen molar-refractivity contribution in [2.24, 2.45) is 5.73 Å². The number of carbonyl (C=O) groups is 1. The summed E-state index contributed by atoms with van der Waals surface area (Å²) >= 11 is 0. The van der Waals surface area contributed by atoms with E-state index in [9.17, 15) is 18.0 Å². The molecule has 5 N–H and O–H groups in total. The number of benzene rings is 1. The van der Waals surface area contributed by atoms with Crippen molar-refractivity contribution in [2.75, 3.05) is 5.73 Å². The monoisotopic (exact) mass is 370 g/mol. The average Bonchev–Trinajstić information content (AvgIpc) is 2.51. The molecule has 2 aromatic rings. The minimum atomic E-state index is -4.70. The molecule has 26 heavy (non-hydrogen) atoms. The number of carboxylic acids is 1. The second-order valence-corrected chi connectivity index (χ2v) is 5.60. The Labute approximate surface area is 146 Å². The second kappa shape index (κ2) is 7.56. The van der Waals surface area contributed by atoms with Crippen molar-refractivity contribution in [1.29, 1.82) is 0 Å². The first-order valence-corrected chi connectivity index (χ1v) is 7.48. The zero-order chi connectivity index (χ0) is 19.5. The Kier molecular flexibility index (Phi) is 5.66. The maximum Gasteiger partial charge on any atom is 0.429 e. The summed E-state index contributed by atoms with van der Waals surface area (Å²) in [5.74, 6) is -2.05. The summed E-state index contributed by atoms with van der Waals surface area (Å²) in [6.45, 7) is 1.53. The van der Waals surface area contributed by atoms with Crippen molar-refractivity contribution in [3.63, 3.8) is 0 Å². The highest BCUT2D eigenvalue weighted by Crippen LogP contribution is 2.37. The van der Waals surface area contributed by atoms with Crippen molar-refractivity contribution in [2.45, 2.75) is 31.7 Å². The number of hydrogen-bond donors (Lipinski definition) is 3. The zero-order valence-electron chi connectivity index (χ0n) is 13.7. The minimum Gasteiger partial charge on any atom is -0.480 e. The van der Waals surface area contributed by atoms with Gasteiger partial charge in [0.1, 0.15) is 6.04 Å². The molecule has 0 spiro atoms. The van der Waals surface area contributed by atoms with Gasteiger partial charge < -0.3 is 21.3 Å². The molecule has 1 unspecified atom stereocenters. The van der Waals surface area contributed by atoms with Crippen LogP contribution in [0.5, 0.6) is 5.88 Å². The Bertz CT molecular complexity index is 799. The van der Waals surface area contributed by atoms with E-state index in [0.29, 0.717) is 5.56 Å². The lowest BCUT2D eigenvalue weighted by Gasteiger charge is -2.23. The number of halogens is 3. The quantitative estimate of drug-likeness (QED) is 0.710. The van der Waals surface area contributed by atoms with E-state index in [0.717, 1.165) is 6.07 Å². The van der Waals surface area contributed by atoms with Crippen LogP contribution in [0.3, 0.4) is 0 Å². The lowest BCUT2D eigenvalue weighted by molar-refractivity contribution is -0.198. The number of aromatic nitrogens is 2. The summed E-state index contributed by atoms with van der Waals surface area (Å²) in [6, 6.07) is 5.72. The van der Waals surface area contributed by atoms with E-state index >= 15 is 0 Å². The van der Waals surface area contributed by atoms with Crippen molar-refractivity contribution >= 4 is 11.9 Å². The smallest absolute Gasteiger partial charge is 0.429 e. The Morgan fingerprint density at radius 3 is 2.54 bits per heavy atom. The van der Waals surface area contributed by atoms with Gasteiger partial charge in [-0.05, 0) is 12.5 Å². The van der Waals surface area contributed by atoms with Crippen molar-refractivity contribution in [3.05, 3.63) is 47.2 Å². The maximum atomic E-state index is 13.5. The molecule has 0 saturated carbocycles. The predicted octanol–water partition coefficient (Wildman–Crippen LogP) is 2.00. The highest BCUT2D eigenvalue weighted by Gasteiger charge is 2.44. The van der Waals surface area contributed by atoms with Crippen LogP contribution in [0.1, 0.15) is 22.9 Å². The van der Waals surface area contributed by atoms with Crippen LogP contribution in [0.4, 0.5) is 19.1 Å². The molecule has 1 aromatic carbocycles. The van der Waals surface area contributed by atoms with Crippen LogP contribution in [0, 0.1) is 6.92 Å². The van der Waals surface area contributed by atoms with Gasteiger partial charge in [-0.3, -0.25) is 4.79 Å². The lowest BCUT2D eigenvalue weighted by atomic mass is 10.0. The topological polar surface area (TPSA) is 124 Å². The number of nitrogen functional groups attached to an aromatic ring is 1. The van der Waals surface area contributed by atoms with Crippen molar-refractivity contribution in [1.82, 2.24) is 9.97 Å². The third-order valence-electron chi connectivity index (χ3n) is 3.53. The molecule has 2 atom stereocenters. The molecule has 0 bridgehead atoms. The fraction of sp³-hybridized carbons (Fsp3) is 0.312. The van der Waals surface area contributed by atoms with Crippen LogP contribution in [0.15, 0.2) is 30.3 Å². The first kappa shape index (κ1) is 19.4. The van der Waals surface area contributed by atoms with Gasteiger partial charge in [0.2, 0.25) is 17.9 Å². The van der Waals surface area contributed by atoms with Crippen LogP contribution < -0.4 is 16.2 Å². The molecule has 1 aromatic heterocycles. The molecule has 7 nitrogen and oxygen atoms in total. The molecule has 140 valence electrons. The Hall–Kier alpha value is -2.88. The van der Waals surface area contributed by atoms with Crippen LogP contribution in [-0.2, 0) is 11.2 Å². The van der Waals surface area contributed by atoms with Gasteiger partial charge in [0, 0.05) is 18.1 Å². The van der Waals surface area contributed by atoms with Gasteiger partial charge in [0.05, 0.1) is 5.69 Å². The summed E-state index contributed by atoms with van der Waals surface area (Å²) in [5, 5.41) is 8.83. The predicted molar refractivity (Wildman–Crippen MR) is 86.4 cm³/mol. The van der Waals surface area contributed by atoms with E-state index in [1.54, 1.807) is 6.07 Å².